The Bertz CT molecular complexity index is 592. The molecule has 2 aromatic heterocycles. The molecular weight excluding hydrogens is 262 g/mol. The molecule has 3 rings (SSSR count). The van der Waals surface area contributed by atoms with Gasteiger partial charge < -0.3 is 9.88 Å². The van der Waals surface area contributed by atoms with E-state index in [1.54, 1.807) is 0 Å². The predicted molar refractivity (Wildman–Crippen MR) is 84.2 cm³/mol. The van der Waals surface area contributed by atoms with E-state index >= 15 is 0 Å². The number of nitrogens with one attached hydrogen (secondary N) is 1. The van der Waals surface area contributed by atoms with Gasteiger partial charge in [0, 0.05) is 39.6 Å². The van der Waals surface area contributed by atoms with Crippen LogP contribution < -0.4 is 5.32 Å². The molecule has 1 fully saturated rings. The van der Waals surface area contributed by atoms with Crippen molar-refractivity contribution in [2.24, 2.45) is 7.05 Å². The van der Waals surface area contributed by atoms with Crippen LogP contribution in [-0.4, -0.2) is 39.6 Å². The molecule has 0 aromatic carbocycles. The number of anilines is 1. The summed E-state index contributed by atoms with van der Waals surface area (Å²) in [5.74, 6) is 1.55. The van der Waals surface area contributed by atoms with Crippen molar-refractivity contribution in [3.8, 4) is 0 Å². The van der Waals surface area contributed by atoms with E-state index in [9.17, 15) is 0 Å². The van der Waals surface area contributed by atoms with Crippen molar-refractivity contribution in [1.82, 2.24) is 19.4 Å². The zero-order valence-electron chi connectivity index (χ0n) is 12.8. The number of imidazole rings is 1. The van der Waals surface area contributed by atoms with Crippen LogP contribution in [0, 0.1) is 0 Å². The standard InChI is InChI=1S/C16H23N5/c1-17-16-8-13(5-6-19-16)14-4-3-7-21(10-14)11-15-9-18-12-20(15)2/h5-6,8-9,12,14H,3-4,7,10-11H2,1-2H3,(H,17,19)/t14-/m0/s1. The fourth-order valence-corrected chi connectivity index (χ4v) is 3.07. The summed E-state index contributed by atoms with van der Waals surface area (Å²) in [6, 6.07) is 4.33. The quantitative estimate of drug-likeness (QED) is 0.936. The van der Waals surface area contributed by atoms with Crippen molar-refractivity contribution < 1.29 is 0 Å². The van der Waals surface area contributed by atoms with E-state index in [-0.39, 0.29) is 0 Å². The topological polar surface area (TPSA) is 46.0 Å². The third kappa shape index (κ3) is 3.24. The highest BCUT2D eigenvalue weighted by atomic mass is 15.2. The van der Waals surface area contributed by atoms with Crippen molar-refractivity contribution >= 4 is 5.82 Å². The minimum absolute atomic E-state index is 0.599. The lowest BCUT2D eigenvalue weighted by atomic mass is 9.91. The van der Waals surface area contributed by atoms with Crippen LogP contribution in [0.3, 0.4) is 0 Å². The van der Waals surface area contributed by atoms with Crippen LogP contribution in [0.5, 0.6) is 0 Å². The average molecular weight is 285 g/mol. The Morgan fingerprint density at radius 3 is 3.10 bits per heavy atom. The zero-order valence-corrected chi connectivity index (χ0v) is 12.8. The number of nitrogens with zero attached hydrogens (tertiary/aromatic N) is 4. The third-order valence-corrected chi connectivity index (χ3v) is 4.32. The van der Waals surface area contributed by atoms with Crippen LogP contribution in [0.15, 0.2) is 30.9 Å². The summed E-state index contributed by atoms with van der Waals surface area (Å²) < 4.78 is 2.11. The van der Waals surface area contributed by atoms with Gasteiger partial charge in [0.15, 0.2) is 0 Å². The smallest absolute Gasteiger partial charge is 0.125 e. The lowest BCUT2D eigenvalue weighted by Gasteiger charge is -2.33. The number of pyridine rings is 1. The lowest BCUT2D eigenvalue weighted by Crippen LogP contribution is -2.34. The van der Waals surface area contributed by atoms with Gasteiger partial charge in [-0.05, 0) is 43.0 Å². The molecule has 0 aliphatic carbocycles. The number of rotatable bonds is 4. The number of hydrogen-bond donors (Lipinski definition) is 1. The molecule has 5 heteroatoms. The van der Waals surface area contributed by atoms with Crippen molar-refractivity contribution in [3.63, 3.8) is 0 Å². The third-order valence-electron chi connectivity index (χ3n) is 4.32. The molecule has 0 bridgehead atoms. The largest absolute Gasteiger partial charge is 0.373 e. The Labute approximate surface area is 126 Å². The van der Waals surface area contributed by atoms with Gasteiger partial charge in [0.2, 0.25) is 0 Å². The Hall–Kier alpha value is -1.88. The molecule has 21 heavy (non-hydrogen) atoms. The highest BCUT2D eigenvalue weighted by molar-refractivity contribution is 5.38. The summed E-state index contributed by atoms with van der Waals surface area (Å²) in [6.45, 7) is 3.26. The molecule has 1 aliphatic heterocycles. The summed E-state index contributed by atoms with van der Waals surface area (Å²) in [5.41, 5.74) is 2.67. The summed E-state index contributed by atoms with van der Waals surface area (Å²) in [6.07, 6.45) is 8.25. The predicted octanol–water partition coefficient (Wildman–Crippen LogP) is 2.24. The van der Waals surface area contributed by atoms with E-state index in [1.165, 1.54) is 30.6 Å². The average Bonchev–Trinajstić information content (AvgIpc) is 2.93. The van der Waals surface area contributed by atoms with Gasteiger partial charge in [0.05, 0.1) is 12.0 Å². The first kappa shape index (κ1) is 14.1. The monoisotopic (exact) mass is 285 g/mol. The second kappa shape index (κ2) is 6.26. The Morgan fingerprint density at radius 2 is 2.33 bits per heavy atom. The van der Waals surface area contributed by atoms with Gasteiger partial charge >= 0.3 is 0 Å². The SMILES string of the molecule is CNc1cc([C@H]2CCCN(Cc3cncn3C)C2)ccn1. The molecule has 0 saturated carbocycles. The summed E-state index contributed by atoms with van der Waals surface area (Å²) in [4.78, 5) is 11.0. The van der Waals surface area contributed by atoms with Crippen molar-refractivity contribution in [2.45, 2.75) is 25.3 Å². The molecule has 1 aliphatic rings. The molecule has 1 N–H and O–H groups in total. The fourth-order valence-electron chi connectivity index (χ4n) is 3.07. The summed E-state index contributed by atoms with van der Waals surface area (Å²) in [5, 5.41) is 3.13. The first-order valence-corrected chi connectivity index (χ1v) is 7.57. The van der Waals surface area contributed by atoms with E-state index in [1.807, 2.05) is 25.8 Å². The Morgan fingerprint density at radius 1 is 1.43 bits per heavy atom. The summed E-state index contributed by atoms with van der Waals surface area (Å²) in [7, 11) is 3.98. The number of aryl methyl sites for hydroxylation is 1. The summed E-state index contributed by atoms with van der Waals surface area (Å²) >= 11 is 0. The van der Waals surface area contributed by atoms with Gasteiger partial charge in [0.1, 0.15) is 5.82 Å². The van der Waals surface area contributed by atoms with Gasteiger partial charge in [0.25, 0.3) is 0 Å². The molecule has 0 unspecified atom stereocenters. The first-order chi connectivity index (χ1) is 10.3. The van der Waals surface area contributed by atoms with Gasteiger partial charge in [-0.3, -0.25) is 4.90 Å². The Balaban J connectivity index is 1.69. The molecule has 1 saturated heterocycles. The van der Waals surface area contributed by atoms with E-state index in [0.29, 0.717) is 5.92 Å². The molecule has 0 radical (unpaired) electrons. The minimum Gasteiger partial charge on any atom is -0.373 e. The number of piperidine rings is 1. The number of aromatic nitrogens is 3. The van der Waals surface area contributed by atoms with Gasteiger partial charge in [-0.1, -0.05) is 0 Å². The van der Waals surface area contributed by atoms with Crippen LogP contribution in [0.1, 0.15) is 30.0 Å². The molecule has 2 aromatic rings. The van der Waals surface area contributed by atoms with Gasteiger partial charge in [-0.25, -0.2) is 9.97 Å². The van der Waals surface area contributed by atoms with E-state index in [0.717, 1.165) is 18.9 Å². The maximum atomic E-state index is 4.31. The molecular formula is C16H23N5. The van der Waals surface area contributed by atoms with Crippen molar-refractivity contribution in [2.75, 3.05) is 25.5 Å². The second-order valence-electron chi connectivity index (χ2n) is 5.79. The van der Waals surface area contributed by atoms with Crippen LogP contribution in [0.25, 0.3) is 0 Å². The van der Waals surface area contributed by atoms with Crippen LogP contribution in [-0.2, 0) is 13.6 Å². The molecule has 5 nitrogen and oxygen atoms in total. The van der Waals surface area contributed by atoms with Crippen LogP contribution >= 0.6 is 0 Å². The fraction of sp³-hybridized carbons (Fsp3) is 0.500. The van der Waals surface area contributed by atoms with E-state index < -0.39 is 0 Å². The maximum absolute atomic E-state index is 4.31. The second-order valence-corrected chi connectivity index (χ2v) is 5.79. The van der Waals surface area contributed by atoms with Crippen molar-refractivity contribution in [1.29, 1.82) is 0 Å². The van der Waals surface area contributed by atoms with Gasteiger partial charge in [-0.2, -0.15) is 0 Å². The molecule has 0 spiro atoms. The zero-order chi connectivity index (χ0) is 14.7. The number of likely N-dealkylation sites (tertiary alicyclic amines) is 1. The van der Waals surface area contributed by atoms with Crippen LogP contribution in [0.4, 0.5) is 5.82 Å². The maximum Gasteiger partial charge on any atom is 0.125 e. The van der Waals surface area contributed by atoms with E-state index in [2.05, 4.69) is 43.9 Å². The lowest BCUT2D eigenvalue weighted by molar-refractivity contribution is 0.196. The minimum atomic E-state index is 0.599. The van der Waals surface area contributed by atoms with Crippen molar-refractivity contribution in [3.05, 3.63) is 42.1 Å². The molecule has 0 amide bonds. The normalized spacial score (nSPS) is 19.6. The number of hydrogen-bond acceptors (Lipinski definition) is 4. The van der Waals surface area contributed by atoms with E-state index in [4.69, 9.17) is 0 Å². The highest BCUT2D eigenvalue weighted by Gasteiger charge is 2.22. The van der Waals surface area contributed by atoms with Crippen LogP contribution in [0.2, 0.25) is 0 Å². The molecule has 112 valence electrons. The Kier molecular flexibility index (Phi) is 4.20. The first-order valence-electron chi connectivity index (χ1n) is 7.57. The molecule has 1 atom stereocenters. The molecule has 3 heterocycles. The highest BCUT2D eigenvalue weighted by Crippen LogP contribution is 2.28. The van der Waals surface area contributed by atoms with Gasteiger partial charge in [-0.15, -0.1) is 0 Å².